The predicted octanol–water partition coefficient (Wildman–Crippen LogP) is 1.71. The molecule has 3 heteroatoms. The van der Waals surface area contributed by atoms with E-state index in [4.69, 9.17) is 4.74 Å². The normalized spacial score (nSPS) is 17.1. The summed E-state index contributed by atoms with van der Waals surface area (Å²) in [6.45, 7) is 0.960. The second kappa shape index (κ2) is 5.32. The van der Waals surface area contributed by atoms with E-state index < -0.39 is 0 Å². The van der Waals surface area contributed by atoms with E-state index in [0.29, 0.717) is 6.04 Å². The molecule has 1 aromatic rings. The number of para-hydroxylation sites is 1. The molecule has 1 fully saturated rings. The summed E-state index contributed by atoms with van der Waals surface area (Å²) in [4.78, 5) is 0. The van der Waals surface area contributed by atoms with Crippen LogP contribution in [0, 0.1) is 0 Å². The topological polar surface area (TPSA) is 33.3 Å². The first-order chi connectivity index (χ1) is 7.85. The Bertz CT molecular complexity index is 336. The van der Waals surface area contributed by atoms with Crippen molar-refractivity contribution in [1.82, 2.24) is 10.6 Å². The number of likely N-dealkylation sites (N-methyl/N-ethyl adjacent to an activating group) is 1. The Morgan fingerprint density at radius 3 is 2.75 bits per heavy atom. The highest BCUT2D eigenvalue weighted by atomic mass is 16.5. The largest absolute Gasteiger partial charge is 0.496 e. The molecule has 0 aromatic heterocycles. The zero-order chi connectivity index (χ0) is 11.4. The van der Waals surface area contributed by atoms with Gasteiger partial charge in [-0.25, -0.2) is 0 Å². The molecular weight excluding hydrogens is 200 g/mol. The van der Waals surface area contributed by atoms with Gasteiger partial charge in [-0.3, -0.25) is 0 Å². The van der Waals surface area contributed by atoms with E-state index in [1.165, 1.54) is 18.4 Å². The van der Waals surface area contributed by atoms with Gasteiger partial charge in [0.1, 0.15) is 5.75 Å². The second-order valence-corrected chi connectivity index (χ2v) is 4.27. The van der Waals surface area contributed by atoms with Crippen molar-refractivity contribution in [2.45, 2.75) is 24.9 Å². The van der Waals surface area contributed by atoms with Gasteiger partial charge in [0.2, 0.25) is 0 Å². The molecule has 1 atom stereocenters. The number of nitrogens with one attached hydrogen (secondary N) is 2. The van der Waals surface area contributed by atoms with Crippen LogP contribution < -0.4 is 15.4 Å². The summed E-state index contributed by atoms with van der Waals surface area (Å²) in [6.07, 6.45) is 2.64. The molecule has 0 bridgehead atoms. The van der Waals surface area contributed by atoms with Crippen LogP contribution in [0.15, 0.2) is 24.3 Å². The van der Waals surface area contributed by atoms with Gasteiger partial charge in [0.15, 0.2) is 0 Å². The van der Waals surface area contributed by atoms with E-state index in [1.807, 2.05) is 19.2 Å². The SMILES string of the molecule is CNC(CNC1CC1)c1ccccc1OC. The number of ether oxygens (including phenoxy) is 1. The van der Waals surface area contributed by atoms with Crippen LogP contribution in [0.2, 0.25) is 0 Å². The third kappa shape index (κ3) is 2.74. The van der Waals surface area contributed by atoms with Gasteiger partial charge in [-0.15, -0.1) is 0 Å². The van der Waals surface area contributed by atoms with E-state index >= 15 is 0 Å². The van der Waals surface area contributed by atoms with Crippen LogP contribution in [0.5, 0.6) is 5.75 Å². The molecule has 0 radical (unpaired) electrons. The highest BCUT2D eigenvalue weighted by Crippen LogP contribution is 2.25. The average molecular weight is 220 g/mol. The van der Waals surface area contributed by atoms with Gasteiger partial charge in [-0.2, -0.15) is 0 Å². The summed E-state index contributed by atoms with van der Waals surface area (Å²) in [5, 5.41) is 6.87. The average Bonchev–Trinajstić information content (AvgIpc) is 3.14. The Balaban J connectivity index is 2.04. The molecule has 88 valence electrons. The number of methoxy groups -OCH3 is 1. The Morgan fingerprint density at radius 2 is 2.12 bits per heavy atom. The molecule has 3 nitrogen and oxygen atoms in total. The Labute approximate surface area is 97.2 Å². The van der Waals surface area contributed by atoms with Crippen LogP contribution in [-0.2, 0) is 0 Å². The van der Waals surface area contributed by atoms with Crippen LogP contribution in [0.1, 0.15) is 24.4 Å². The zero-order valence-electron chi connectivity index (χ0n) is 9.99. The van der Waals surface area contributed by atoms with E-state index in [9.17, 15) is 0 Å². The Kier molecular flexibility index (Phi) is 3.80. The minimum atomic E-state index is 0.316. The van der Waals surface area contributed by atoms with E-state index in [-0.39, 0.29) is 0 Å². The maximum atomic E-state index is 5.38. The van der Waals surface area contributed by atoms with Crippen molar-refractivity contribution in [3.63, 3.8) is 0 Å². The van der Waals surface area contributed by atoms with Gasteiger partial charge in [0, 0.05) is 24.2 Å². The van der Waals surface area contributed by atoms with Gasteiger partial charge in [-0.1, -0.05) is 18.2 Å². The molecule has 0 spiro atoms. The minimum absolute atomic E-state index is 0.316. The van der Waals surface area contributed by atoms with Crippen molar-refractivity contribution in [2.75, 3.05) is 20.7 Å². The molecular formula is C13H20N2O. The van der Waals surface area contributed by atoms with Crippen molar-refractivity contribution in [3.8, 4) is 5.75 Å². The first-order valence-corrected chi connectivity index (χ1v) is 5.88. The first-order valence-electron chi connectivity index (χ1n) is 5.88. The molecule has 1 saturated carbocycles. The lowest BCUT2D eigenvalue weighted by Crippen LogP contribution is -2.31. The molecule has 1 aromatic carbocycles. The van der Waals surface area contributed by atoms with E-state index in [2.05, 4.69) is 22.8 Å². The molecule has 1 aliphatic carbocycles. The third-order valence-electron chi connectivity index (χ3n) is 3.05. The number of benzene rings is 1. The lowest BCUT2D eigenvalue weighted by atomic mass is 10.1. The highest BCUT2D eigenvalue weighted by Gasteiger charge is 2.22. The van der Waals surface area contributed by atoms with Crippen LogP contribution in [0.3, 0.4) is 0 Å². The van der Waals surface area contributed by atoms with E-state index in [0.717, 1.165) is 18.3 Å². The molecule has 16 heavy (non-hydrogen) atoms. The third-order valence-corrected chi connectivity index (χ3v) is 3.05. The fourth-order valence-corrected chi connectivity index (χ4v) is 1.89. The number of rotatable bonds is 6. The zero-order valence-corrected chi connectivity index (χ0v) is 9.99. The van der Waals surface area contributed by atoms with Gasteiger partial charge in [0.05, 0.1) is 7.11 Å². The standard InChI is InChI=1S/C13H20N2O/c1-14-12(9-15-10-7-8-10)11-5-3-4-6-13(11)16-2/h3-6,10,12,14-15H,7-9H2,1-2H3. The second-order valence-electron chi connectivity index (χ2n) is 4.27. The summed E-state index contributed by atoms with van der Waals surface area (Å²) in [5.74, 6) is 0.958. The number of hydrogen-bond donors (Lipinski definition) is 2. The van der Waals surface area contributed by atoms with Crippen LogP contribution in [0.25, 0.3) is 0 Å². The summed E-state index contributed by atoms with van der Waals surface area (Å²) >= 11 is 0. The van der Waals surface area contributed by atoms with Crippen molar-refractivity contribution in [3.05, 3.63) is 29.8 Å². The first kappa shape index (κ1) is 11.4. The van der Waals surface area contributed by atoms with Gasteiger partial charge in [0.25, 0.3) is 0 Å². The fourth-order valence-electron chi connectivity index (χ4n) is 1.89. The quantitative estimate of drug-likeness (QED) is 0.765. The molecule has 2 rings (SSSR count). The maximum absolute atomic E-state index is 5.38. The van der Waals surface area contributed by atoms with Gasteiger partial charge < -0.3 is 15.4 Å². The molecule has 1 unspecified atom stereocenters. The molecule has 0 heterocycles. The van der Waals surface area contributed by atoms with E-state index in [1.54, 1.807) is 7.11 Å². The van der Waals surface area contributed by atoms with Gasteiger partial charge >= 0.3 is 0 Å². The fraction of sp³-hybridized carbons (Fsp3) is 0.538. The Hall–Kier alpha value is -1.06. The van der Waals surface area contributed by atoms with Crippen LogP contribution >= 0.6 is 0 Å². The highest BCUT2D eigenvalue weighted by molar-refractivity contribution is 5.36. The molecule has 1 aliphatic rings. The lowest BCUT2D eigenvalue weighted by Gasteiger charge is -2.19. The molecule has 2 N–H and O–H groups in total. The predicted molar refractivity (Wildman–Crippen MR) is 65.8 cm³/mol. The van der Waals surface area contributed by atoms with Crippen molar-refractivity contribution < 1.29 is 4.74 Å². The Morgan fingerprint density at radius 1 is 1.38 bits per heavy atom. The van der Waals surface area contributed by atoms with Crippen LogP contribution in [-0.4, -0.2) is 26.7 Å². The summed E-state index contributed by atoms with van der Waals surface area (Å²) in [5.41, 5.74) is 1.22. The van der Waals surface area contributed by atoms with Crippen LogP contribution in [0.4, 0.5) is 0 Å². The summed E-state index contributed by atoms with van der Waals surface area (Å²) in [7, 11) is 3.71. The number of hydrogen-bond acceptors (Lipinski definition) is 3. The van der Waals surface area contributed by atoms with Crippen molar-refractivity contribution in [2.24, 2.45) is 0 Å². The molecule has 0 saturated heterocycles. The van der Waals surface area contributed by atoms with Crippen molar-refractivity contribution in [1.29, 1.82) is 0 Å². The smallest absolute Gasteiger partial charge is 0.123 e. The monoisotopic (exact) mass is 220 g/mol. The summed E-state index contributed by atoms with van der Waals surface area (Å²) < 4.78 is 5.38. The van der Waals surface area contributed by atoms with Crippen molar-refractivity contribution >= 4 is 0 Å². The minimum Gasteiger partial charge on any atom is -0.496 e. The maximum Gasteiger partial charge on any atom is 0.123 e. The molecule has 0 amide bonds. The van der Waals surface area contributed by atoms with Gasteiger partial charge in [-0.05, 0) is 26.0 Å². The molecule has 0 aliphatic heterocycles. The lowest BCUT2D eigenvalue weighted by molar-refractivity contribution is 0.398. The summed E-state index contributed by atoms with van der Waals surface area (Å²) in [6, 6.07) is 9.25.